The van der Waals surface area contributed by atoms with E-state index in [0.29, 0.717) is 37.7 Å². The molecule has 2 heterocycles. The molecule has 1 aromatic heterocycles. The number of anilines is 1. The van der Waals surface area contributed by atoms with Crippen LogP contribution in [0.1, 0.15) is 34.5 Å². The number of carbonyl (C=O) groups excluding carboxylic acids is 1. The van der Waals surface area contributed by atoms with Crippen LogP contribution in [0, 0.1) is 19.3 Å². The van der Waals surface area contributed by atoms with E-state index < -0.39 is 5.41 Å². The summed E-state index contributed by atoms with van der Waals surface area (Å²) < 4.78 is 5.38. The van der Waals surface area contributed by atoms with E-state index in [4.69, 9.17) is 10.5 Å². The molecule has 3 rings (SSSR count). The van der Waals surface area contributed by atoms with Gasteiger partial charge in [0, 0.05) is 31.1 Å². The highest BCUT2D eigenvalue weighted by Crippen LogP contribution is 2.32. The summed E-state index contributed by atoms with van der Waals surface area (Å²) in [4.78, 5) is 18.5. The first-order valence-corrected chi connectivity index (χ1v) is 9.45. The molecule has 1 fully saturated rings. The third-order valence-corrected chi connectivity index (χ3v) is 5.99. The third kappa shape index (κ3) is 4.08. The number of thiazole rings is 1. The van der Waals surface area contributed by atoms with Gasteiger partial charge in [-0.05, 0) is 32.3 Å². The van der Waals surface area contributed by atoms with Crippen LogP contribution in [0.15, 0.2) is 24.3 Å². The van der Waals surface area contributed by atoms with Gasteiger partial charge in [-0.1, -0.05) is 29.8 Å². The van der Waals surface area contributed by atoms with Gasteiger partial charge >= 0.3 is 0 Å². The number of nitrogens with one attached hydrogen (secondary N) is 1. The first-order valence-electron chi connectivity index (χ1n) is 8.63. The zero-order valence-electron chi connectivity index (χ0n) is 14.8. The molecule has 1 aromatic carbocycles. The molecular formula is C19H25N3O2S. The quantitative estimate of drug-likeness (QED) is 0.860. The van der Waals surface area contributed by atoms with E-state index in [1.807, 2.05) is 6.92 Å². The molecule has 0 spiro atoms. The maximum Gasteiger partial charge on any atom is 0.233 e. The lowest BCUT2D eigenvalue weighted by Gasteiger charge is -2.34. The van der Waals surface area contributed by atoms with E-state index in [1.165, 1.54) is 16.0 Å². The van der Waals surface area contributed by atoms with E-state index in [1.54, 1.807) is 11.3 Å². The topological polar surface area (TPSA) is 77.2 Å². The lowest BCUT2D eigenvalue weighted by atomic mass is 9.79. The van der Waals surface area contributed by atoms with Crippen molar-refractivity contribution in [2.75, 3.05) is 25.1 Å². The second kappa shape index (κ2) is 7.64. The minimum absolute atomic E-state index is 0.0334. The van der Waals surface area contributed by atoms with Gasteiger partial charge in [0.1, 0.15) is 0 Å². The van der Waals surface area contributed by atoms with Crippen molar-refractivity contribution in [1.82, 2.24) is 4.98 Å². The molecule has 2 aromatic rings. The molecule has 0 atom stereocenters. The van der Waals surface area contributed by atoms with E-state index in [2.05, 4.69) is 41.5 Å². The largest absolute Gasteiger partial charge is 0.381 e. The Morgan fingerprint density at radius 3 is 2.60 bits per heavy atom. The average molecular weight is 359 g/mol. The van der Waals surface area contributed by atoms with Crippen molar-refractivity contribution in [2.24, 2.45) is 11.1 Å². The summed E-state index contributed by atoms with van der Waals surface area (Å²) in [6, 6.07) is 8.51. The number of rotatable bonds is 5. The smallest absolute Gasteiger partial charge is 0.233 e. The Labute approximate surface area is 152 Å². The number of ether oxygens (including phenoxy) is 1. The van der Waals surface area contributed by atoms with Crippen LogP contribution in [-0.4, -0.2) is 30.6 Å². The van der Waals surface area contributed by atoms with Crippen molar-refractivity contribution < 1.29 is 9.53 Å². The highest BCUT2D eigenvalue weighted by Gasteiger charge is 2.39. The molecule has 1 amide bonds. The number of carbonyl (C=O) groups is 1. The fourth-order valence-corrected chi connectivity index (χ4v) is 4.04. The van der Waals surface area contributed by atoms with Crippen molar-refractivity contribution in [1.29, 1.82) is 0 Å². The minimum Gasteiger partial charge on any atom is -0.381 e. The van der Waals surface area contributed by atoms with Crippen LogP contribution in [0.2, 0.25) is 0 Å². The molecule has 0 unspecified atom stereocenters. The second-order valence-electron chi connectivity index (χ2n) is 6.74. The van der Waals surface area contributed by atoms with Gasteiger partial charge in [0.2, 0.25) is 5.91 Å². The van der Waals surface area contributed by atoms with Gasteiger partial charge in [0.05, 0.1) is 11.1 Å². The van der Waals surface area contributed by atoms with Gasteiger partial charge < -0.3 is 15.8 Å². The normalized spacial score (nSPS) is 16.6. The number of nitrogens with two attached hydrogens (primary N) is 1. The SMILES string of the molecule is Cc1ccc(Cc2sc(NC(=O)C3(CN)CCOCC3)nc2C)cc1. The molecule has 1 aliphatic rings. The average Bonchev–Trinajstić information content (AvgIpc) is 2.96. The predicted molar refractivity (Wildman–Crippen MR) is 101 cm³/mol. The van der Waals surface area contributed by atoms with E-state index in [-0.39, 0.29) is 5.91 Å². The Hall–Kier alpha value is -1.76. The van der Waals surface area contributed by atoms with Gasteiger partial charge in [0.15, 0.2) is 5.13 Å². The molecule has 0 aliphatic carbocycles. The monoisotopic (exact) mass is 359 g/mol. The number of aryl methyl sites for hydroxylation is 2. The van der Waals surface area contributed by atoms with Crippen LogP contribution in [0.5, 0.6) is 0 Å². The Morgan fingerprint density at radius 1 is 1.28 bits per heavy atom. The predicted octanol–water partition coefficient (Wildman–Crippen LogP) is 3.04. The molecule has 1 saturated heterocycles. The van der Waals surface area contributed by atoms with Crippen LogP contribution in [0.3, 0.4) is 0 Å². The lowest BCUT2D eigenvalue weighted by Crippen LogP contribution is -2.46. The fraction of sp³-hybridized carbons (Fsp3) is 0.474. The molecule has 0 radical (unpaired) electrons. The second-order valence-corrected chi connectivity index (χ2v) is 7.82. The Morgan fingerprint density at radius 2 is 1.96 bits per heavy atom. The van der Waals surface area contributed by atoms with Crippen LogP contribution in [-0.2, 0) is 16.0 Å². The molecule has 3 N–H and O–H groups in total. The first kappa shape index (κ1) is 18.0. The molecule has 134 valence electrons. The molecule has 0 bridgehead atoms. The number of hydrogen-bond acceptors (Lipinski definition) is 5. The first-order chi connectivity index (χ1) is 12.0. The van der Waals surface area contributed by atoms with Gasteiger partial charge in [-0.2, -0.15) is 0 Å². The van der Waals surface area contributed by atoms with Crippen LogP contribution in [0.25, 0.3) is 0 Å². The highest BCUT2D eigenvalue weighted by molar-refractivity contribution is 7.15. The van der Waals surface area contributed by atoms with Gasteiger partial charge in [-0.15, -0.1) is 11.3 Å². The maximum atomic E-state index is 12.8. The van der Waals surface area contributed by atoms with Gasteiger partial charge in [-0.3, -0.25) is 4.79 Å². The van der Waals surface area contributed by atoms with Crippen molar-refractivity contribution in [3.05, 3.63) is 46.0 Å². The van der Waals surface area contributed by atoms with Crippen LogP contribution < -0.4 is 11.1 Å². The summed E-state index contributed by atoms with van der Waals surface area (Å²) in [5.41, 5.74) is 8.84. The van der Waals surface area contributed by atoms with Crippen molar-refractivity contribution in [3.8, 4) is 0 Å². The van der Waals surface area contributed by atoms with Gasteiger partial charge in [-0.25, -0.2) is 4.98 Å². The molecule has 1 aliphatic heterocycles. The van der Waals surface area contributed by atoms with Gasteiger partial charge in [0.25, 0.3) is 0 Å². The summed E-state index contributed by atoms with van der Waals surface area (Å²) in [5, 5.41) is 3.65. The zero-order chi connectivity index (χ0) is 17.9. The molecular weight excluding hydrogens is 334 g/mol. The lowest BCUT2D eigenvalue weighted by molar-refractivity contribution is -0.130. The summed E-state index contributed by atoms with van der Waals surface area (Å²) in [6.45, 7) is 5.57. The molecule has 25 heavy (non-hydrogen) atoms. The highest BCUT2D eigenvalue weighted by atomic mass is 32.1. The fourth-order valence-electron chi connectivity index (χ4n) is 3.05. The van der Waals surface area contributed by atoms with E-state index in [0.717, 1.165) is 12.1 Å². The van der Waals surface area contributed by atoms with Crippen molar-refractivity contribution in [3.63, 3.8) is 0 Å². The maximum absolute atomic E-state index is 12.8. The number of nitrogens with zero attached hydrogens (tertiary/aromatic N) is 1. The van der Waals surface area contributed by atoms with Crippen LogP contribution >= 0.6 is 11.3 Å². The molecule has 6 heteroatoms. The number of benzene rings is 1. The summed E-state index contributed by atoms with van der Waals surface area (Å²) in [7, 11) is 0. The number of hydrogen-bond donors (Lipinski definition) is 2. The van der Waals surface area contributed by atoms with Crippen LogP contribution in [0.4, 0.5) is 5.13 Å². The van der Waals surface area contributed by atoms with E-state index in [9.17, 15) is 4.79 Å². The van der Waals surface area contributed by atoms with Crippen molar-refractivity contribution >= 4 is 22.4 Å². The summed E-state index contributed by atoms with van der Waals surface area (Å²) in [6.07, 6.45) is 2.15. The summed E-state index contributed by atoms with van der Waals surface area (Å²) >= 11 is 1.54. The van der Waals surface area contributed by atoms with Crippen molar-refractivity contribution in [2.45, 2.75) is 33.1 Å². The van der Waals surface area contributed by atoms with E-state index >= 15 is 0 Å². The number of amides is 1. The minimum atomic E-state index is -0.533. The Kier molecular flexibility index (Phi) is 5.51. The molecule has 5 nitrogen and oxygen atoms in total. The summed E-state index contributed by atoms with van der Waals surface area (Å²) in [5.74, 6) is -0.0334. The Bertz CT molecular complexity index is 734. The number of aromatic nitrogens is 1. The molecule has 0 saturated carbocycles. The Balaban J connectivity index is 1.71. The standard InChI is InChI=1S/C19H25N3O2S/c1-13-3-5-15(6-4-13)11-16-14(2)21-18(25-16)22-17(23)19(12-20)7-9-24-10-8-19/h3-6H,7-12,20H2,1-2H3,(H,21,22,23). The zero-order valence-corrected chi connectivity index (χ0v) is 15.6. The third-order valence-electron chi connectivity index (χ3n) is 4.92.